The van der Waals surface area contributed by atoms with E-state index in [-0.39, 0.29) is 23.7 Å². The van der Waals surface area contributed by atoms with Gasteiger partial charge >= 0.3 is 0 Å². The highest BCUT2D eigenvalue weighted by Gasteiger charge is 2.23. The maximum atomic E-state index is 14.0. The molecule has 23 heavy (non-hydrogen) atoms. The number of amides is 1. The summed E-state index contributed by atoms with van der Waals surface area (Å²) in [7, 11) is 0. The molecule has 0 unspecified atom stereocenters. The molecule has 0 aromatic heterocycles. The molecule has 0 saturated heterocycles. The minimum Gasteiger partial charge on any atom is -0.381 e. The normalized spacial score (nSPS) is 13.7. The van der Waals surface area contributed by atoms with Crippen molar-refractivity contribution in [2.24, 2.45) is 0 Å². The summed E-state index contributed by atoms with van der Waals surface area (Å²) in [5.74, 6) is -3.27. The predicted octanol–water partition coefficient (Wildman–Crippen LogP) is 3.86. The van der Waals surface area contributed by atoms with Gasteiger partial charge in [0.2, 0.25) is 5.91 Å². The molecule has 0 aliphatic heterocycles. The van der Waals surface area contributed by atoms with Crippen LogP contribution in [0.15, 0.2) is 36.4 Å². The molecule has 6 heteroatoms. The highest BCUT2D eigenvalue weighted by atomic mass is 19.2. The Hall–Kier alpha value is -2.50. The number of carbonyl (C=O) groups is 1. The van der Waals surface area contributed by atoms with Gasteiger partial charge in [-0.1, -0.05) is 18.2 Å². The summed E-state index contributed by atoms with van der Waals surface area (Å²) in [4.78, 5) is 12.1. The molecule has 3 rings (SSSR count). The fraction of sp³-hybridized carbons (Fsp3) is 0.235. The van der Waals surface area contributed by atoms with Crippen LogP contribution in [-0.4, -0.2) is 11.9 Å². The van der Waals surface area contributed by atoms with Crippen molar-refractivity contribution < 1.29 is 18.0 Å². The number of para-hydroxylation sites is 1. The van der Waals surface area contributed by atoms with Gasteiger partial charge in [0.15, 0.2) is 11.6 Å². The van der Waals surface area contributed by atoms with Crippen LogP contribution in [0.2, 0.25) is 0 Å². The van der Waals surface area contributed by atoms with Crippen LogP contribution in [-0.2, 0) is 11.2 Å². The summed E-state index contributed by atoms with van der Waals surface area (Å²) >= 11 is 0. The van der Waals surface area contributed by atoms with Gasteiger partial charge in [0, 0.05) is 11.6 Å². The summed E-state index contributed by atoms with van der Waals surface area (Å²) in [6.07, 6.45) is 1.62. The van der Waals surface area contributed by atoms with E-state index in [9.17, 15) is 18.0 Å². The zero-order valence-electron chi connectivity index (χ0n) is 12.2. The van der Waals surface area contributed by atoms with Crippen molar-refractivity contribution in [3.63, 3.8) is 0 Å². The van der Waals surface area contributed by atoms with Crippen LogP contribution in [0.1, 0.15) is 18.4 Å². The van der Waals surface area contributed by atoms with Crippen LogP contribution in [0.3, 0.4) is 0 Å². The van der Waals surface area contributed by atoms with Gasteiger partial charge in [0.05, 0.1) is 12.1 Å². The third-order valence-corrected chi connectivity index (χ3v) is 3.60. The summed E-state index contributed by atoms with van der Waals surface area (Å²) in [5, 5.41) is 5.57. The molecular weight excluding hydrogens is 305 g/mol. The Morgan fingerprint density at radius 3 is 2.48 bits per heavy atom. The maximum Gasteiger partial charge on any atom is 0.229 e. The van der Waals surface area contributed by atoms with Crippen LogP contribution in [0.4, 0.5) is 24.5 Å². The number of halogens is 3. The molecule has 0 bridgehead atoms. The average molecular weight is 320 g/mol. The van der Waals surface area contributed by atoms with Crippen LogP contribution in [0, 0.1) is 17.5 Å². The lowest BCUT2D eigenvalue weighted by Gasteiger charge is -2.13. The van der Waals surface area contributed by atoms with Gasteiger partial charge in [-0.2, -0.15) is 0 Å². The van der Waals surface area contributed by atoms with Gasteiger partial charge in [-0.15, -0.1) is 0 Å². The Morgan fingerprint density at radius 1 is 1.04 bits per heavy atom. The monoisotopic (exact) mass is 320 g/mol. The maximum absolute atomic E-state index is 14.0. The number of nitrogens with one attached hydrogen (secondary N) is 2. The molecule has 3 nitrogen and oxygen atoms in total. The Morgan fingerprint density at radius 2 is 1.74 bits per heavy atom. The molecule has 0 spiro atoms. The fourth-order valence-corrected chi connectivity index (χ4v) is 2.26. The van der Waals surface area contributed by atoms with Crippen molar-refractivity contribution in [2.75, 3.05) is 10.6 Å². The first-order valence-corrected chi connectivity index (χ1v) is 7.32. The van der Waals surface area contributed by atoms with Crippen molar-refractivity contribution in [2.45, 2.75) is 25.3 Å². The highest BCUT2D eigenvalue weighted by molar-refractivity contribution is 5.95. The molecule has 0 heterocycles. The molecule has 0 radical (unpaired) electrons. The third-order valence-electron chi connectivity index (χ3n) is 3.60. The summed E-state index contributed by atoms with van der Waals surface area (Å²) in [6, 6.07) is 8.35. The molecule has 2 aromatic carbocycles. The van der Waals surface area contributed by atoms with Gasteiger partial charge < -0.3 is 10.6 Å². The Balaban J connectivity index is 1.76. The molecule has 2 aromatic rings. The van der Waals surface area contributed by atoms with E-state index in [1.807, 2.05) is 0 Å². The Bertz CT molecular complexity index is 745. The lowest BCUT2D eigenvalue weighted by molar-refractivity contribution is -0.115. The molecular formula is C17H15F3N2O. The standard InChI is InChI=1S/C17H15F3N2O/c18-12-4-1-3-10(16(12)20)9-15(23)22-17-13(19)5-2-6-14(17)21-11-7-8-11/h1-6,11,21H,7-9H2,(H,22,23). The zero-order valence-corrected chi connectivity index (χ0v) is 12.2. The smallest absolute Gasteiger partial charge is 0.229 e. The molecule has 1 saturated carbocycles. The predicted molar refractivity (Wildman–Crippen MR) is 81.7 cm³/mol. The number of carbonyl (C=O) groups excluding carboxylic acids is 1. The number of hydrogen-bond acceptors (Lipinski definition) is 2. The van der Waals surface area contributed by atoms with Crippen LogP contribution in [0.5, 0.6) is 0 Å². The summed E-state index contributed by atoms with van der Waals surface area (Å²) < 4.78 is 40.7. The van der Waals surface area contributed by atoms with Crippen LogP contribution in [0.25, 0.3) is 0 Å². The van der Waals surface area contributed by atoms with E-state index >= 15 is 0 Å². The number of anilines is 2. The highest BCUT2D eigenvalue weighted by Crippen LogP contribution is 2.31. The molecule has 1 fully saturated rings. The second kappa shape index (κ2) is 6.32. The van der Waals surface area contributed by atoms with Crippen molar-refractivity contribution in [3.8, 4) is 0 Å². The minimum absolute atomic E-state index is 0.0289. The van der Waals surface area contributed by atoms with Crippen molar-refractivity contribution in [1.82, 2.24) is 0 Å². The first kappa shape index (κ1) is 15.4. The van der Waals surface area contributed by atoms with Crippen molar-refractivity contribution in [1.29, 1.82) is 0 Å². The van der Waals surface area contributed by atoms with Gasteiger partial charge in [0.25, 0.3) is 0 Å². The van der Waals surface area contributed by atoms with Crippen molar-refractivity contribution in [3.05, 3.63) is 59.4 Å². The van der Waals surface area contributed by atoms with E-state index in [2.05, 4.69) is 10.6 Å². The lowest BCUT2D eigenvalue weighted by atomic mass is 10.1. The third kappa shape index (κ3) is 3.64. The number of rotatable bonds is 5. The van der Waals surface area contributed by atoms with Gasteiger partial charge in [0.1, 0.15) is 11.5 Å². The molecule has 2 N–H and O–H groups in total. The van der Waals surface area contributed by atoms with E-state index in [0.29, 0.717) is 5.69 Å². The van der Waals surface area contributed by atoms with E-state index in [1.54, 1.807) is 12.1 Å². The fourth-order valence-electron chi connectivity index (χ4n) is 2.26. The van der Waals surface area contributed by atoms with E-state index in [4.69, 9.17) is 0 Å². The molecule has 1 aliphatic carbocycles. The molecule has 1 aliphatic rings. The summed E-state index contributed by atoms with van der Waals surface area (Å²) in [5.41, 5.74) is 0.442. The Kier molecular flexibility index (Phi) is 4.23. The average Bonchev–Trinajstić information content (AvgIpc) is 3.32. The summed E-state index contributed by atoms with van der Waals surface area (Å²) in [6.45, 7) is 0. The topological polar surface area (TPSA) is 41.1 Å². The molecule has 1 amide bonds. The minimum atomic E-state index is -1.06. The van der Waals surface area contributed by atoms with Gasteiger partial charge in [-0.3, -0.25) is 4.79 Å². The van der Waals surface area contributed by atoms with Crippen LogP contribution >= 0.6 is 0 Å². The SMILES string of the molecule is O=C(Cc1cccc(F)c1F)Nc1c(F)cccc1NC1CC1. The van der Waals surface area contributed by atoms with Crippen LogP contribution < -0.4 is 10.6 Å². The van der Waals surface area contributed by atoms with Crippen molar-refractivity contribution >= 4 is 17.3 Å². The van der Waals surface area contributed by atoms with Gasteiger partial charge in [-0.25, -0.2) is 13.2 Å². The quantitative estimate of drug-likeness (QED) is 0.878. The van der Waals surface area contributed by atoms with E-state index in [1.165, 1.54) is 18.2 Å². The number of benzene rings is 2. The second-order valence-electron chi connectivity index (χ2n) is 5.52. The Labute approximate surface area is 131 Å². The first-order valence-electron chi connectivity index (χ1n) is 7.32. The number of hydrogen-bond donors (Lipinski definition) is 2. The van der Waals surface area contributed by atoms with E-state index < -0.39 is 23.4 Å². The van der Waals surface area contributed by atoms with Gasteiger partial charge in [-0.05, 0) is 31.0 Å². The zero-order chi connectivity index (χ0) is 16.4. The second-order valence-corrected chi connectivity index (χ2v) is 5.52. The largest absolute Gasteiger partial charge is 0.381 e. The molecule has 120 valence electrons. The lowest BCUT2D eigenvalue weighted by Crippen LogP contribution is -2.18. The van der Waals surface area contributed by atoms with E-state index in [0.717, 1.165) is 18.9 Å². The molecule has 0 atom stereocenters. The first-order chi connectivity index (χ1) is 11.0.